The second-order valence-electron chi connectivity index (χ2n) is 7.38. The van der Waals surface area contributed by atoms with Crippen molar-refractivity contribution < 1.29 is 4.79 Å². The third-order valence-corrected chi connectivity index (χ3v) is 4.70. The summed E-state index contributed by atoms with van der Waals surface area (Å²) in [5.41, 5.74) is 2.55. The van der Waals surface area contributed by atoms with Gasteiger partial charge in [-0.3, -0.25) is 9.48 Å². The van der Waals surface area contributed by atoms with Gasteiger partial charge in [0, 0.05) is 26.1 Å². The van der Waals surface area contributed by atoms with Gasteiger partial charge < -0.3 is 4.90 Å². The van der Waals surface area contributed by atoms with Crippen LogP contribution < -0.4 is 0 Å². The van der Waals surface area contributed by atoms with Gasteiger partial charge in [0.05, 0.1) is 23.9 Å². The summed E-state index contributed by atoms with van der Waals surface area (Å²) in [6, 6.07) is 11.1. The Hall–Kier alpha value is -3.47. The molecule has 142 valence electrons. The Morgan fingerprint density at radius 1 is 1.18 bits per heavy atom. The summed E-state index contributed by atoms with van der Waals surface area (Å²) in [6.07, 6.45) is 0.742. The highest BCUT2D eigenvalue weighted by atomic mass is 16.2. The zero-order valence-electron chi connectivity index (χ0n) is 16.1. The molecule has 0 radical (unpaired) electrons. The molecule has 8 heteroatoms. The van der Waals surface area contributed by atoms with E-state index in [-0.39, 0.29) is 5.91 Å². The Bertz CT molecular complexity index is 1070. The molecule has 3 aromatic rings. The minimum absolute atomic E-state index is 0.0446. The van der Waals surface area contributed by atoms with E-state index in [1.165, 1.54) is 0 Å². The molecule has 1 amide bonds. The van der Waals surface area contributed by atoms with E-state index >= 15 is 0 Å². The standard InChI is InChI=1S/C20H21N7O/c1-13(2)10-18-22-19(27(24-18)15-6-4-14(12-21)5-7-15)16-11-17-20(28)25(3)8-9-26(17)23-16/h4-7,11,13H,8-10H2,1-3H3. The first kappa shape index (κ1) is 17.9. The smallest absolute Gasteiger partial charge is 0.271 e. The number of amides is 1. The van der Waals surface area contributed by atoms with Crippen molar-refractivity contribution in [2.75, 3.05) is 13.6 Å². The molecule has 0 saturated heterocycles. The van der Waals surface area contributed by atoms with Gasteiger partial charge in [0.2, 0.25) is 0 Å². The van der Waals surface area contributed by atoms with Gasteiger partial charge in [0.15, 0.2) is 11.6 Å². The molecule has 0 unspecified atom stereocenters. The number of carbonyl (C=O) groups excluding carboxylic acids is 1. The maximum absolute atomic E-state index is 12.4. The summed E-state index contributed by atoms with van der Waals surface area (Å²) >= 11 is 0. The van der Waals surface area contributed by atoms with Gasteiger partial charge >= 0.3 is 0 Å². The summed E-state index contributed by atoms with van der Waals surface area (Å²) < 4.78 is 3.47. The van der Waals surface area contributed by atoms with E-state index in [2.05, 4.69) is 30.1 Å². The first-order valence-corrected chi connectivity index (χ1v) is 9.26. The topological polar surface area (TPSA) is 92.6 Å². The van der Waals surface area contributed by atoms with Crippen molar-refractivity contribution in [1.82, 2.24) is 29.4 Å². The zero-order valence-corrected chi connectivity index (χ0v) is 16.1. The van der Waals surface area contributed by atoms with Gasteiger partial charge in [-0.1, -0.05) is 13.8 Å². The molecule has 0 aliphatic carbocycles. The van der Waals surface area contributed by atoms with Crippen LogP contribution in [0.25, 0.3) is 17.2 Å². The van der Waals surface area contributed by atoms with Crippen LogP contribution in [0.5, 0.6) is 0 Å². The van der Waals surface area contributed by atoms with Gasteiger partial charge in [0.1, 0.15) is 11.4 Å². The van der Waals surface area contributed by atoms with Crippen LogP contribution in [0, 0.1) is 17.2 Å². The number of likely N-dealkylation sites (N-methyl/N-ethyl adjacent to an activating group) is 1. The van der Waals surface area contributed by atoms with E-state index < -0.39 is 0 Å². The van der Waals surface area contributed by atoms with Crippen LogP contribution in [-0.4, -0.2) is 48.9 Å². The lowest BCUT2D eigenvalue weighted by atomic mass is 10.1. The van der Waals surface area contributed by atoms with Crippen molar-refractivity contribution in [1.29, 1.82) is 5.26 Å². The quantitative estimate of drug-likeness (QED) is 0.697. The Morgan fingerprint density at radius 3 is 2.61 bits per heavy atom. The molecular formula is C20H21N7O. The predicted octanol–water partition coefficient (Wildman–Crippen LogP) is 2.29. The molecule has 8 nitrogen and oxygen atoms in total. The van der Waals surface area contributed by atoms with Crippen LogP contribution in [0.3, 0.4) is 0 Å². The molecule has 1 aromatic carbocycles. The molecule has 0 atom stereocenters. The molecule has 1 aliphatic rings. The summed E-state index contributed by atoms with van der Waals surface area (Å²) in [5.74, 6) is 1.69. The predicted molar refractivity (Wildman–Crippen MR) is 103 cm³/mol. The summed E-state index contributed by atoms with van der Waals surface area (Å²) in [6.45, 7) is 5.52. The van der Waals surface area contributed by atoms with Crippen LogP contribution in [0.1, 0.15) is 35.7 Å². The molecule has 0 saturated carbocycles. The maximum Gasteiger partial charge on any atom is 0.271 e. The Balaban J connectivity index is 1.81. The second kappa shape index (κ2) is 6.93. The fourth-order valence-corrected chi connectivity index (χ4v) is 3.24. The fourth-order valence-electron chi connectivity index (χ4n) is 3.24. The number of hydrogen-bond donors (Lipinski definition) is 0. The van der Waals surface area contributed by atoms with Crippen LogP contribution in [0.15, 0.2) is 30.3 Å². The molecule has 0 spiro atoms. The fraction of sp³-hybridized carbons (Fsp3) is 0.350. The van der Waals surface area contributed by atoms with Crippen LogP contribution >= 0.6 is 0 Å². The minimum Gasteiger partial charge on any atom is -0.339 e. The largest absolute Gasteiger partial charge is 0.339 e. The highest BCUT2D eigenvalue weighted by Gasteiger charge is 2.26. The number of hydrogen-bond acceptors (Lipinski definition) is 5. The molecule has 2 aromatic heterocycles. The zero-order chi connectivity index (χ0) is 19.8. The molecular weight excluding hydrogens is 354 g/mol. The monoisotopic (exact) mass is 375 g/mol. The van der Waals surface area contributed by atoms with Crippen LogP contribution in [0.2, 0.25) is 0 Å². The summed E-state index contributed by atoms with van der Waals surface area (Å²) in [5, 5.41) is 18.3. The van der Waals surface area contributed by atoms with Gasteiger partial charge in [-0.15, -0.1) is 0 Å². The van der Waals surface area contributed by atoms with Crippen LogP contribution in [-0.2, 0) is 13.0 Å². The number of fused-ring (bicyclic) bond motifs is 1. The summed E-state index contributed by atoms with van der Waals surface area (Å²) in [7, 11) is 1.79. The normalized spacial score (nSPS) is 13.7. The highest BCUT2D eigenvalue weighted by Crippen LogP contribution is 2.24. The Labute approximate surface area is 163 Å². The number of benzene rings is 1. The lowest BCUT2D eigenvalue weighted by molar-refractivity contribution is 0.0743. The number of nitriles is 1. The Morgan fingerprint density at radius 2 is 1.93 bits per heavy atom. The SMILES string of the molecule is CC(C)Cc1nc(-c2cc3n(n2)CCN(C)C3=O)n(-c2ccc(C#N)cc2)n1. The third kappa shape index (κ3) is 3.16. The van der Waals surface area contributed by atoms with Crippen molar-refractivity contribution in [3.05, 3.63) is 47.4 Å². The molecule has 0 bridgehead atoms. The molecule has 0 fully saturated rings. The minimum atomic E-state index is -0.0446. The average Bonchev–Trinajstić information content (AvgIpc) is 3.29. The first-order chi connectivity index (χ1) is 13.5. The number of carbonyl (C=O) groups is 1. The first-order valence-electron chi connectivity index (χ1n) is 9.26. The second-order valence-corrected chi connectivity index (χ2v) is 7.38. The van der Waals surface area contributed by atoms with Gasteiger partial charge in [-0.2, -0.15) is 15.5 Å². The van der Waals surface area contributed by atoms with E-state index in [0.717, 1.165) is 17.9 Å². The maximum atomic E-state index is 12.4. The lowest BCUT2D eigenvalue weighted by Crippen LogP contribution is -2.37. The van der Waals surface area contributed by atoms with Gasteiger partial charge in [0.25, 0.3) is 5.91 Å². The van der Waals surface area contributed by atoms with E-state index in [9.17, 15) is 4.79 Å². The van der Waals surface area contributed by atoms with Crippen molar-refractivity contribution in [2.24, 2.45) is 5.92 Å². The molecule has 1 aliphatic heterocycles. The molecule has 4 rings (SSSR count). The number of rotatable bonds is 4. The lowest BCUT2D eigenvalue weighted by Gasteiger charge is -2.22. The Kier molecular flexibility index (Phi) is 4.43. The van der Waals surface area contributed by atoms with E-state index in [1.54, 1.807) is 39.5 Å². The van der Waals surface area contributed by atoms with Crippen LogP contribution in [0.4, 0.5) is 0 Å². The summed E-state index contributed by atoms with van der Waals surface area (Å²) in [4.78, 5) is 18.8. The van der Waals surface area contributed by atoms with Crippen molar-refractivity contribution in [3.8, 4) is 23.3 Å². The average molecular weight is 375 g/mol. The van der Waals surface area contributed by atoms with E-state index in [1.807, 2.05) is 12.1 Å². The third-order valence-electron chi connectivity index (χ3n) is 4.70. The van der Waals surface area contributed by atoms with Gasteiger partial charge in [-0.25, -0.2) is 9.67 Å². The molecule has 0 N–H and O–H groups in total. The molecule has 3 heterocycles. The number of nitrogens with zero attached hydrogens (tertiary/aromatic N) is 7. The van der Waals surface area contributed by atoms with Crippen molar-refractivity contribution in [2.45, 2.75) is 26.8 Å². The van der Waals surface area contributed by atoms with E-state index in [4.69, 9.17) is 10.2 Å². The van der Waals surface area contributed by atoms with Crippen molar-refractivity contribution >= 4 is 5.91 Å². The van der Waals surface area contributed by atoms with Crippen molar-refractivity contribution in [3.63, 3.8) is 0 Å². The molecule has 28 heavy (non-hydrogen) atoms. The van der Waals surface area contributed by atoms with E-state index in [0.29, 0.717) is 41.8 Å². The highest BCUT2D eigenvalue weighted by molar-refractivity contribution is 5.94. The number of aromatic nitrogens is 5. The van der Waals surface area contributed by atoms with Gasteiger partial charge in [-0.05, 0) is 30.2 Å².